The Kier molecular flexibility index (Phi) is 7.36. The lowest BCUT2D eigenvalue weighted by atomic mass is 10.1. The van der Waals surface area contributed by atoms with Gasteiger partial charge < -0.3 is 29.3 Å². The van der Waals surface area contributed by atoms with Gasteiger partial charge in [0.25, 0.3) is 5.82 Å². The molecule has 0 aliphatic carbocycles. The van der Waals surface area contributed by atoms with Crippen LogP contribution in [-0.2, 0) is 16.1 Å². The van der Waals surface area contributed by atoms with E-state index in [0.29, 0.717) is 37.1 Å². The molecule has 1 aromatic carbocycles. The predicted molar refractivity (Wildman–Crippen MR) is 133 cm³/mol. The second-order valence-corrected chi connectivity index (χ2v) is 9.35. The molecule has 0 radical (unpaired) electrons. The van der Waals surface area contributed by atoms with E-state index in [9.17, 15) is 4.79 Å². The Morgan fingerprint density at radius 2 is 2.08 bits per heavy atom. The van der Waals surface area contributed by atoms with Gasteiger partial charge in [-0.3, -0.25) is 5.10 Å². The van der Waals surface area contributed by atoms with Gasteiger partial charge in [-0.25, -0.2) is 9.78 Å². The number of methoxy groups -OCH3 is 1. The second-order valence-electron chi connectivity index (χ2n) is 9.35. The number of rotatable bonds is 7. The first kappa shape index (κ1) is 24.9. The van der Waals surface area contributed by atoms with Crippen molar-refractivity contribution in [2.24, 2.45) is 0 Å². The standard InChI is InChI=1S/C25H29N7O4/c1-25(2,3)36-24(33)32-9-8-17(14-32)35-15-16-6-7-18(20(10-16)34-5)19-11-21(31-30-19)29-23-13-27-22(26-4)12-28-23/h6-7,10-13,17H,8-9,14-15H2,1-3,5H3,(H2,28,29,30,31)/t17-/m1/s1. The highest BCUT2D eigenvalue weighted by Gasteiger charge is 2.30. The summed E-state index contributed by atoms with van der Waals surface area (Å²) in [7, 11) is 1.61. The molecule has 1 aliphatic heterocycles. The largest absolute Gasteiger partial charge is 0.496 e. The highest BCUT2D eigenvalue weighted by Crippen LogP contribution is 2.32. The van der Waals surface area contributed by atoms with Crippen molar-refractivity contribution in [1.82, 2.24) is 25.1 Å². The fourth-order valence-corrected chi connectivity index (χ4v) is 3.72. The number of hydrogen-bond acceptors (Lipinski definition) is 8. The topological polar surface area (TPSA) is 119 Å². The molecule has 1 saturated heterocycles. The number of hydrogen-bond donors (Lipinski definition) is 2. The third-order valence-electron chi connectivity index (χ3n) is 5.43. The van der Waals surface area contributed by atoms with Gasteiger partial charge in [0.2, 0.25) is 0 Å². The molecule has 1 amide bonds. The number of aromatic nitrogens is 4. The Bertz CT molecular complexity index is 1240. The summed E-state index contributed by atoms with van der Waals surface area (Å²) >= 11 is 0. The van der Waals surface area contributed by atoms with Crippen LogP contribution in [0.3, 0.4) is 0 Å². The molecule has 2 N–H and O–H groups in total. The monoisotopic (exact) mass is 491 g/mol. The quantitative estimate of drug-likeness (QED) is 0.457. The molecule has 3 aromatic rings. The molecular weight excluding hydrogens is 462 g/mol. The average molecular weight is 492 g/mol. The van der Waals surface area contributed by atoms with Gasteiger partial charge >= 0.3 is 6.09 Å². The molecule has 3 heterocycles. The summed E-state index contributed by atoms with van der Waals surface area (Å²) < 4.78 is 17.1. The van der Waals surface area contributed by atoms with Gasteiger partial charge in [-0.05, 0) is 44.9 Å². The number of nitrogens with zero attached hydrogens (tertiary/aromatic N) is 5. The first-order valence-electron chi connectivity index (χ1n) is 11.5. The van der Waals surface area contributed by atoms with Crippen molar-refractivity contribution in [3.8, 4) is 17.0 Å². The van der Waals surface area contributed by atoms with Crippen molar-refractivity contribution in [1.29, 1.82) is 0 Å². The van der Waals surface area contributed by atoms with Crippen LogP contribution in [0.1, 0.15) is 32.8 Å². The number of carbonyl (C=O) groups excluding carboxylic acids is 1. The van der Waals surface area contributed by atoms with Crippen LogP contribution in [-0.4, -0.2) is 63.1 Å². The molecule has 11 nitrogen and oxygen atoms in total. The Labute approximate surface area is 209 Å². The third-order valence-corrected chi connectivity index (χ3v) is 5.43. The van der Waals surface area contributed by atoms with Gasteiger partial charge in [-0.15, -0.1) is 4.98 Å². The van der Waals surface area contributed by atoms with Gasteiger partial charge in [0, 0.05) is 18.2 Å². The maximum absolute atomic E-state index is 12.3. The van der Waals surface area contributed by atoms with Crippen molar-refractivity contribution in [2.75, 3.05) is 25.5 Å². The molecule has 1 aliphatic rings. The van der Waals surface area contributed by atoms with Crippen molar-refractivity contribution >= 4 is 23.5 Å². The molecule has 0 bridgehead atoms. The minimum absolute atomic E-state index is 0.0450. The summed E-state index contributed by atoms with van der Waals surface area (Å²) in [4.78, 5) is 25.3. The molecule has 2 aromatic heterocycles. The molecule has 188 valence electrons. The fraction of sp³-hybridized carbons (Fsp3) is 0.400. The zero-order valence-corrected chi connectivity index (χ0v) is 20.7. The van der Waals surface area contributed by atoms with E-state index in [-0.39, 0.29) is 18.0 Å². The number of carbonyl (C=O) groups is 1. The van der Waals surface area contributed by atoms with Crippen molar-refractivity contribution in [3.63, 3.8) is 0 Å². The summed E-state index contributed by atoms with van der Waals surface area (Å²) in [6, 6.07) is 7.68. The van der Waals surface area contributed by atoms with Crippen LogP contribution < -0.4 is 10.1 Å². The number of ether oxygens (including phenoxy) is 3. The second kappa shape index (κ2) is 10.6. The minimum atomic E-state index is -0.515. The minimum Gasteiger partial charge on any atom is -0.496 e. The zero-order valence-electron chi connectivity index (χ0n) is 20.7. The smallest absolute Gasteiger partial charge is 0.410 e. The highest BCUT2D eigenvalue weighted by atomic mass is 16.6. The van der Waals surface area contributed by atoms with Crippen LogP contribution in [0.25, 0.3) is 16.1 Å². The molecule has 0 unspecified atom stereocenters. The maximum atomic E-state index is 12.3. The van der Waals surface area contributed by atoms with Crippen LogP contribution >= 0.6 is 0 Å². The van der Waals surface area contributed by atoms with Gasteiger partial charge in [0.15, 0.2) is 17.8 Å². The number of likely N-dealkylation sites (tertiary alicyclic amines) is 1. The average Bonchev–Trinajstić information content (AvgIpc) is 3.52. The van der Waals surface area contributed by atoms with Gasteiger partial charge in [-0.1, -0.05) is 12.6 Å². The molecular formula is C25H29N7O4. The molecule has 0 saturated carbocycles. The van der Waals surface area contributed by atoms with E-state index in [1.165, 1.54) is 12.4 Å². The van der Waals surface area contributed by atoms with E-state index in [1.807, 2.05) is 45.0 Å². The van der Waals surface area contributed by atoms with E-state index < -0.39 is 5.60 Å². The first-order chi connectivity index (χ1) is 17.2. The van der Waals surface area contributed by atoms with E-state index in [0.717, 1.165) is 23.2 Å². The first-order valence-corrected chi connectivity index (χ1v) is 11.5. The maximum Gasteiger partial charge on any atom is 0.410 e. The number of nitrogens with one attached hydrogen (secondary N) is 2. The summed E-state index contributed by atoms with van der Waals surface area (Å²) in [5.41, 5.74) is 2.04. The number of aromatic amines is 1. The number of benzene rings is 1. The van der Waals surface area contributed by atoms with Crippen molar-refractivity contribution < 1.29 is 19.0 Å². The molecule has 0 spiro atoms. The Hall–Kier alpha value is -4.17. The van der Waals surface area contributed by atoms with Crippen LogP contribution in [0.15, 0.2) is 36.7 Å². The van der Waals surface area contributed by atoms with Crippen LogP contribution in [0.5, 0.6) is 5.75 Å². The summed E-state index contributed by atoms with van der Waals surface area (Å²) in [5, 5.41) is 10.3. The van der Waals surface area contributed by atoms with Crippen LogP contribution in [0.4, 0.5) is 22.2 Å². The molecule has 36 heavy (non-hydrogen) atoms. The number of anilines is 2. The third kappa shape index (κ3) is 6.28. The normalized spacial score (nSPS) is 15.4. The highest BCUT2D eigenvalue weighted by molar-refractivity contribution is 5.71. The van der Waals surface area contributed by atoms with E-state index >= 15 is 0 Å². The number of amides is 1. The molecule has 1 atom stereocenters. The van der Waals surface area contributed by atoms with Gasteiger partial charge in [0.1, 0.15) is 11.4 Å². The lowest BCUT2D eigenvalue weighted by molar-refractivity contribution is 0.0184. The predicted octanol–water partition coefficient (Wildman–Crippen LogP) is 4.70. The van der Waals surface area contributed by atoms with E-state index in [4.69, 9.17) is 20.8 Å². The molecule has 4 rings (SSSR count). The molecule has 1 fully saturated rings. The number of H-pyrrole nitrogens is 1. The zero-order chi connectivity index (χ0) is 25.7. The lowest BCUT2D eigenvalue weighted by Gasteiger charge is -2.24. The summed E-state index contributed by atoms with van der Waals surface area (Å²) in [6.45, 7) is 14.1. The Morgan fingerprint density at radius 3 is 2.78 bits per heavy atom. The van der Waals surface area contributed by atoms with Crippen molar-refractivity contribution in [3.05, 3.63) is 53.6 Å². The summed E-state index contributed by atoms with van der Waals surface area (Å²) in [6.07, 6.45) is 3.29. The van der Waals surface area contributed by atoms with Crippen LogP contribution in [0.2, 0.25) is 0 Å². The van der Waals surface area contributed by atoms with E-state index in [1.54, 1.807) is 12.0 Å². The summed E-state index contributed by atoms with van der Waals surface area (Å²) in [5.74, 6) is 1.94. The molecule has 11 heteroatoms. The SMILES string of the molecule is [C-]#[N+]c1cnc(Nc2cc(-c3ccc(CO[C@@H]4CCN(C(=O)OC(C)(C)C)C4)cc3OC)[nH]n2)cn1. The van der Waals surface area contributed by atoms with Crippen LogP contribution in [0, 0.1) is 6.57 Å². The van der Waals surface area contributed by atoms with Gasteiger partial charge in [0.05, 0.1) is 38.3 Å². The lowest BCUT2D eigenvalue weighted by Crippen LogP contribution is -2.36. The fourth-order valence-electron chi connectivity index (χ4n) is 3.72. The van der Waals surface area contributed by atoms with E-state index in [2.05, 4.69) is 30.3 Å². The van der Waals surface area contributed by atoms with Crippen molar-refractivity contribution in [2.45, 2.75) is 45.5 Å². The Morgan fingerprint density at radius 1 is 1.25 bits per heavy atom. The van der Waals surface area contributed by atoms with Gasteiger partial charge in [-0.2, -0.15) is 5.10 Å². The Balaban J connectivity index is 1.36.